The predicted molar refractivity (Wildman–Crippen MR) is 86.3 cm³/mol. The number of aryl methyl sites for hydroxylation is 1. The minimum atomic E-state index is 0.220. The van der Waals surface area contributed by atoms with E-state index >= 15 is 0 Å². The molecule has 5 heteroatoms. The molecule has 3 rings (SSSR count). The Labute approximate surface area is 133 Å². The minimum Gasteiger partial charge on any atom is -0.469 e. The number of aromatic nitrogens is 2. The first-order valence-corrected chi connectivity index (χ1v) is 7.85. The lowest BCUT2D eigenvalue weighted by Gasteiger charge is -2.16. The van der Waals surface area contributed by atoms with Crippen molar-refractivity contribution in [3.8, 4) is 0 Å². The highest BCUT2D eigenvalue weighted by atomic mass is 35.5. The van der Waals surface area contributed by atoms with Gasteiger partial charge in [-0.3, -0.25) is 0 Å². The number of nitrogens with zero attached hydrogens (tertiary/aromatic N) is 2. The molecule has 0 aliphatic rings. The molecule has 0 fully saturated rings. The summed E-state index contributed by atoms with van der Waals surface area (Å²) in [7, 11) is 0. The van der Waals surface area contributed by atoms with Gasteiger partial charge in [0.2, 0.25) is 0 Å². The molecule has 0 radical (unpaired) electrons. The lowest BCUT2D eigenvalue weighted by Crippen LogP contribution is -2.12. The van der Waals surface area contributed by atoms with Crippen molar-refractivity contribution in [1.82, 2.24) is 9.55 Å². The van der Waals surface area contributed by atoms with Crippen LogP contribution in [0.5, 0.6) is 0 Å². The Kier molecular flexibility index (Phi) is 4.22. The number of para-hydroxylation sites is 1. The first-order chi connectivity index (χ1) is 10.2. The van der Waals surface area contributed by atoms with E-state index in [-0.39, 0.29) is 6.04 Å². The lowest BCUT2D eigenvalue weighted by molar-refractivity contribution is 0.447. The SMILES string of the molecule is CC(Cc1ccco1)n1c(CCCl)nc2c(Cl)cccc21. The van der Waals surface area contributed by atoms with Crippen molar-refractivity contribution in [2.24, 2.45) is 0 Å². The van der Waals surface area contributed by atoms with E-state index in [2.05, 4.69) is 16.5 Å². The van der Waals surface area contributed by atoms with Crippen LogP contribution in [-0.2, 0) is 12.8 Å². The van der Waals surface area contributed by atoms with Crippen molar-refractivity contribution in [1.29, 1.82) is 0 Å². The van der Waals surface area contributed by atoms with Crippen molar-refractivity contribution in [2.75, 3.05) is 5.88 Å². The van der Waals surface area contributed by atoms with Crippen molar-refractivity contribution in [2.45, 2.75) is 25.8 Å². The van der Waals surface area contributed by atoms with Crippen LogP contribution in [0, 0.1) is 0 Å². The quantitative estimate of drug-likeness (QED) is 0.627. The molecule has 0 aliphatic carbocycles. The first kappa shape index (κ1) is 14.5. The molecule has 21 heavy (non-hydrogen) atoms. The van der Waals surface area contributed by atoms with Gasteiger partial charge in [-0.2, -0.15) is 0 Å². The van der Waals surface area contributed by atoms with Gasteiger partial charge in [0.05, 0.1) is 16.8 Å². The topological polar surface area (TPSA) is 31.0 Å². The van der Waals surface area contributed by atoms with Crippen molar-refractivity contribution in [3.05, 3.63) is 53.2 Å². The summed E-state index contributed by atoms with van der Waals surface area (Å²) in [6.07, 6.45) is 3.22. The molecule has 3 aromatic rings. The maximum absolute atomic E-state index is 6.26. The fraction of sp³-hybridized carbons (Fsp3) is 0.312. The normalized spacial score (nSPS) is 12.9. The third-order valence-corrected chi connectivity index (χ3v) is 4.07. The van der Waals surface area contributed by atoms with Gasteiger partial charge >= 0.3 is 0 Å². The summed E-state index contributed by atoms with van der Waals surface area (Å²) in [5.74, 6) is 2.46. The Morgan fingerprint density at radius 1 is 1.29 bits per heavy atom. The van der Waals surface area contributed by atoms with E-state index in [1.807, 2.05) is 30.3 Å². The van der Waals surface area contributed by atoms with Crippen LogP contribution >= 0.6 is 23.2 Å². The zero-order valence-corrected chi connectivity index (χ0v) is 13.2. The Hall–Kier alpha value is -1.45. The summed E-state index contributed by atoms with van der Waals surface area (Å²) >= 11 is 12.2. The molecule has 0 amide bonds. The second kappa shape index (κ2) is 6.12. The van der Waals surface area contributed by atoms with Crippen LogP contribution < -0.4 is 0 Å². The Bertz CT molecular complexity index is 734. The van der Waals surface area contributed by atoms with Gasteiger partial charge in [-0.1, -0.05) is 17.7 Å². The van der Waals surface area contributed by atoms with E-state index in [0.717, 1.165) is 35.5 Å². The van der Waals surface area contributed by atoms with Gasteiger partial charge in [-0.25, -0.2) is 4.98 Å². The summed E-state index contributed by atoms with van der Waals surface area (Å²) < 4.78 is 7.67. The van der Waals surface area contributed by atoms with Crippen molar-refractivity contribution in [3.63, 3.8) is 0 Å². The second-order valence-electron chi connectivity index (χ2n) is 5.08. The number of alkyl halides is 1. The summed E-state index contributed by atoms with van der Waals surface area (Å²) in [5, 5.41) is 0.673. The molecule has 0 spiro atoms. The maximum atomic E-state index is 6.26. The molecule has 2 heterocycles. The highest BCUT2D eigenvalue weighted by Crippen LogP contribution is 2.28. The summed E-state index contributed by atoms with van der Waals surface area (Å²) in [4.78, 5) is 4.67. The second-order valence-corrected chi connectivity index (χ2v) is 5.86. The van der Waals surface area contributed by atoms with Crippen LogP contribution in [0.2, 0.25) is 5.02 Å². The Balaban J connectivity index is 2.06. The fourth-order valence-electron chi connectivity index (χ4n) is 2.69. The fourth-order valence-corrected chi connectivity index (χ4v) is 3.08. The van der Waals surface area contributed by atoms with Crippen LogP contribution in [0.15, 0.2) is 41.0 Å². The molecule has 0 N–H and O–H groups in total. The Morgan fingerprint density at radius 2 is 2.14 bits per heavy atom. The van der Waals surface area contributed by atoms with Gasteiger partial charge in [-0.05, 0) is 31.2 Å². The highest BCUT2D eigenvalue weighted by molar-refractivity contribution is 6.34. The molecule has 3 nitrogen and oxygen atoms in total. The Morgan fingerprint density at radius 3 is 2.86 bits per heavy atom. The van der Waals surface area contributed by atoms with Gasteiger partial charge in [0.1, 0.15) is 17.1 Å². The van der Waals surface area contributed by atoms with E-state index < -0.39 is 0 Å². The number of imidazole rings is 1. The molecule has 2 aromatic heterocycles. The zero-order valence-electron chi connectivity index (χ0n) is 11.7. The van der Waals surface area contributed by atoms with Crippen LogP contribution in [0.3, 0.4) is 0 Å². The van der Waals surface area contributed by atoms with Gasteiger partial charge < -0.3 is 8.98 Å². The number of halogens is 2. The van der Waals surface area contributed by atoms with E-state index in [4.69, 9.17) is 27.6 Å². The molecule has 1 atom stereocenters. The van der Waals surface area contributed by atoms with Crippen molar-refractivity contribution < 1.29 is 4.42 Å². The average molecular weight is 323 g/mol. The summed E-state index contributed by atoms with van der Waals surface area (Å²) in [5.41, 5.74) is 1.88. The van der Waals surface area contributed by atoms with Gasteiger partial charge in [0, 0.05) is 24.8 Å². The number of hydrogen-bond donors (Lipinski definition) is 0. The van der Waals surface area contributed by atoms with Crippen LogP contribution in [0.1, 0.15) is 24.6 Å². The number of rotatable bonds is 5. The molecular weight excluding hydrogens is 307 g/mol. The standard InChI is InChI=1S/C16H16Cl2N2O/c1-11(10-12-4-3-9-21-12)20-14-6-2-5-13(18)16(14)19-15(20)7-8-17/h2-6,9,11H,7-8,10H2,1H3. The third kappa shape index (κ3) is 2.81. The van der Waals surface area contributed by atoms with Crippen molar-refractivity contribution >= 4 is 34.2 Å². The predicted octanol–water partition coefficient (Wildman–Crippen LogP) is 4.87. The third-order valence-electron chi connectivity index (χ3n) is 3.58. The monoisotopic (exact) mass is 322 g/mol. The van der Waals surface area contributed by atoms with Crippen LogP contribution in [-0.4, -0.2) is 15.4 Å². The molecule has 110 valence electrons. The largest absolute Gasteiger partial charge is 0.469 e. The number of hydrogen-bond acceptors (Lipinski definition) is 2. The molecule has 1 unspecified atom stereocenters. The highest BCUT2D eigenvalue weighted by Gasteiger charge is 2.18. The molecule has 0 aliphatic heterocycles. The van der Waals surface area contributed by atoms with Crippen LogP contribution in [0.4, 0.5) is 0 Å². The zero-order chi connectivity index (χ0) is 14.8. The number of furan rings is 1. The van der Waals surface area contributed by atoms with E-state index in [9.17, 15) is 0 Å². The molecule has 1 aromatic carbocycles. The van der Waals surface area contributed by atoms with Gasteiger partial charge in [0.25, 0.3) is 0 Å². The summed E-state index contributed by atoms with van der Waals surface area (Å²) in [6, 6.07) is 9.98. The minimum absolute atomic E-state index is 0.220. The summed E-state index contributed by atoms with van der Waals surface area (Å²) in [6.45, 7) is 2.16. The maximum Gasteiger partial charge on any atom is 0.111 e. The smallest absolute Gasteiger partial charge is 0.111 e. The molecular formula is C16H16Cl2N2O. The van der Waals surface area contributed by atoms with E-state index in [1.165, 1.54) is 0 Å². The molecule has 0 saturated carbocycles. The average Bonchev–Trinajstić information content (AvgIpc) is 3.07. The lowest BCUT2D eigenvalue weighted by atomic mass is 10.1. The van der Waals surface area contributed by atoms with Gasteiger partial charge in [0.15, 0.2) is 0 Å². The molecule has 0 bridgehead atoms. The molecule has 0 saturated heterocycles. The number of benzene rings is 1. The van der Waals surface area contributed by atoms with E-state index in [1.54, 1.807) is 6.26 Å². The van der Waals surface area contributed by atoms with Gasteiger partial charge in [-0.15, -0.1) is 11.6 Å². The number of fused-ring (bicyclic) bond motifs is 1. The first-order valence-electron chi connectivity index (χ1n) is 6.94. The van der Waals surface area contributed by atoms with E-state index in [0.29, 0.717) is 10.9 Å². The van der Waals surface area contributed by atoms with Crippen LogP contribution in [0.25, 0.3) is 11.0 Å².